The van der Waals surface area contributed by atoms with Crippen LogP contribution in [0.5, 0.6) is 0 Å². The highest BCUT2D eigenvalue weighted by Gasteiger charge is 2.10. The number of hydrogen-bond donors (Lipinski definition) is 4. The number of hydroxylamine groups is 1. The third-order valence-corrected chi connectivity index (χ3v) is 1.32. The summed E-state index contributed by atoms with van der Waals surface area (Å²) in [6.07, 6.45) is 3.09. The number of hydrogen-bond acceptors (Lipinski definition) is 5. The van der Waals surface area contributed by atoms with Gasteiger partial charge in [0, 0.05) is 6.61 Å². The Labute approximate surface area is 60.3 Å². The zero-order valence-corrected chi connectivity index (χ0v) is 5.92. The maximum Gasteiger partial charge on any atom is 0.130 e. The van der Waals surface area contributed by atoms with Crippen LogP contribution in [0.1, 0.15) is 19.3 Å². The first-order valence-corrected chi connectivity index (χ1v) is 3.28. The lowest BCUT2D eigenvalue weighted by Gasteiger charge is -2.20. The molecule has 1 heterocycles. The Kier molecular flexibility index (Phi) is 6.78. The van der Waals surface area contributed by atoms with Gasteiger partial charge in [0.05, 0.1) is 0 Å². The number of hydrazine groups is 1. The van der Waals surface area contributed by atoms with Gasteiger partial charge in [-0.3, -0.25) is 11.7 Å². The van der Waals surface area contributed by atoms with Gasteiger partial charge in [0.25, 0.3) is 0 Å². The summed E-state index contributed by atoms with van der Waals surface area (Å²) >= 11 is 0. The van der Waals surface area contributed by atoms with Gasteiger partial charge >= 0.3 is 0 Å². The molecule has 62 valence electrons. The Balaban J connectivity index is 0.000000371. The minimum Gasteiger partial charge on any atom is -0.361 e. The molecule has 0 aromatic heterocycles. The average molecular weight is 149 g/mol. The van der Waals surface area contributed by atoms with Crippen molar-refractivity contribution in [1.82, 2.24) is 5.48 Å². The SMILES string of the molecule is NN.ONC1CCCCO1. The minimum atomic E-state index is -0.108. The van der Waals surface area contributed by atoms with E-state index in [4.69, 9.17) is 9.94 Å². The number of rotatable bonds is 1. The van der Waals surface area contributed by atoms with Gasteiger partial charge in [0.1, 0.15) is 6.23 Å². The Bertz CT molecular complexity index is 65.9. The first-order chi connectivity index (χ1) is 4.93. The van der Waals surface area contributed by atoms with E-state index in [-0.39, 0.29) is 6.23 Å². The van der Waals surface area contributed by atoms with E-state index in [0.29, 0.717) is 0 Å². The second-order valence-corrected chi connectivity index (χ2v) is 1.98. The van der Waals surface area contributed by atoms with E-state index in [2.05, 4.69) is 17.2 Å². The van der Waals surface area contributed by atoms with Crippen LogP contribution in [0, 0.1) is 0 Å². The van der Waals surface area contributed by atoms with Crippen molar-refractivity contribution in [3.8, 4) is 0 Å². The topological polar surface area (TPSA) is 93.5 Å². The van der Waals surface area contributed by atoms with E-state index in [1.54, 1.807) is 0 Å². The minimum absolute atomic E-state index is 0.108. The molecule has 0 aliphatic carbocycles. The number of ether oxygens (including phenoxy) is 1. The first kappa shape index (κ1) is 9.80. The molecule has 1 aliphatic rings. The smallest absolute Gasteiger partial charge is 0.130 e. The summed E-state index contributed by atoms with van der Waals surface area (Å²) in [7, 11) is 0. The summed E-state index contributed by atoms with van der Waals surface area (Å²) in [5, 5.41) is 8.32. The molecule has 1 atom stereocenters. The summed E-state index contributed by atoms with van der Waals surface area (Å²) in [5.74, 6) is 8.00. The molecule has 1 saturated heterocycles. The quantitative estimate of drug-likeness (QED) is 0.292. The lowest BCUT2D eigenvalue weighted by Crippen LogP contribution is -2.31. The van der Waals surface area contributed by atoms with Crippen molar-refractivity contribution in [3.63, 3.8) is 0 Å². The van der Waals surface area contributed by atoms with Gasteiger partial charge in [0.15, 0.2) is 0 Å². The summed E-state index contributed by atoms with van der Waals surface area (Å²) in [5.41, 5.74) is 2.08. The fourth-order valence-electron chi connectivity index (χ4n) is 0.843. The van der Waals surface area contributed by atoms with Crippen LogP contribution in [0.3, 0.4) is 0 Å². The van der Waals surface area contributed by atoms with Crippen LogP contribution in [0.25, 0.3) is 0 Å². The van der Waals surface area contributed by atoms with Gasteiger partial charge in [-0.05, 0) is 19.3 Å². The molecule has 0 radical (unpaired) electrons. The molecule has 0 aromatic rings. The summed E-state index contributed by atoms with van der Waals surface area (Å²) in [6, 6.07) is 0. The van der Waals surface area contributed by atoms with Crippen molar-refractivity contribution < 1.29 is 9.94 Å². The molecule has 1 rings (SSSR count). The second-order valence-electron chi connectivity index (χ2n) is 1.98. The maximum absolute atomic E-state index is 8.32. The van der Waals surface area contributed by atoms with Crippen LogP contribution in [0.2, 0.25) is 0 Å². The van der Waals surface area contributed by atoms with Crippen molar-refractivity contribution in [1.29, 1.82) is 0 Å². The standard InChI is InChI=1S/C5H11NO2.H4N2/c7-6-5-3-1-2-4-8-5;1-2/h5-7H,1-4H2;1-2H2. The Morgan fingerprint density at radius 1 is 1.40 bits per heavy atom. The highest BCUT2D eigenvalue weighted by atomic mass is 16.6. The van der Waals surface area contributed by atoms with E-state index in [0.717, 1.165) is 25.9 Å². The molecule has 5 nitrogen and oxygen atoms in total. The summed E-state index contributed by atoms with van der Waals surface area (Å²) < 4.78 is 5.07. The molecule has 10 heavy (non-hydrogen) atoms. The van der Waals surface area contributed by atoms with Crippen molar-refractivity contribution in [2.45, 2.75) is 25.5 Å². The van der Waals surface area contributed by atoms with E-state index >= 15 is 0 Å². The highest BCUT2D eigenvalue weighted by Crippen LogP contribution is 2.08. The molecule has 0 amide bonds. The number of nitrogens with two attached hydrogens (primary N) is 2. The van der Waals surface area contributed by atoms with Gasteiger partial charge in [-0.2, -0.15) is 5.48 Å². The lowest BCUT2D eigenvalue weighted by molar-refractivity contribution is -0.0753. The third kappa shape index (κ3) is 3.76. The third-order valence-electron chi connectivity index (χ3n) is 1.32. The Hall–Kier alpha value is -0.200. The van der Waals surface area contributed by atoms with E-state index in [9.17, 15) is 0 Å². The molecule has 0 aromatic carbocycles. The molecule has 6 N–H and O–H groups in total. The number of nitrogens with one attached hydrogen (secondary N) is 1. The normalized spacial score (nSPS) is 24.9. The molecule has 1 aliphatic heterocycles. The van der Waals surface area contributed by atoms with Crippen LogP contribution >= 0.6 is 0 Å². The van der Waals surface area contributed by atoms with Gasteiger partial charge in [-0.1, -0.05) is 0 Å². The van der Waals surface area contributed by atoms with Crippen LogP contribution in [-0.4, -0.2) is 18.0 Å². The molecule has 0 bridgehead atoms. The zero-order chi connectivity index (χ0) is 7.82. The van der Waals surface area contributed by atoms with Gasteiger partial charge in [0.2, 0.25) is 0 Å². The largest absolute Gasteiger partial charge is 0.361 e. The summed E-state index contributed by atoms with van der Waals surface area (Å²) in [4.78, 5) is 0. The highest BCUT2D eigenvalue weighted by molar-refractivity contribution is 4.55. The van der Waals surface area contributed by atoms with Gasteiger partial charge < -0.3 is 9.94 Å². The fourth-order valence-corrected chi connectivity index (χ4v) is 0.843. The van der Waals surface area contributed by atoms with Crippen molar-refractivity contribution in [2.75, 3.05) is 6.61 Å². The molecule has 5 heteroatoms. The predicted molar refractivity (Wildman–Crippen MR) is 36.9 cm³/mol. The van der Waals surface area contributed by atoms with Crippen molar-refractivity contribution in [3.05, 3.63) is 0 Å². The van der Waals surface area contributed by atoms with Crippen molar-refractivity contribution in [2.24, 2.45) is 11.7 Å². The lowest BCUT2D eigenvalue weighted by atomic mass is 10.2. The molecule has 0 spiro atoms. The zero-order valence-electron chi connectivity index (χ0n) is 5.92. The fraction of sp³-hybridized carbons (Fsp3) is 1.00. The Morgan fingerprint density at radius 3 is 2.40 bits per heavy atom. The van der Waals surface area contributed by atoms with E-state index in [1.807, 2.05) is 0 Å². The Morgan fingerprint density at radius 2 is 2.10 bits per heavy atom. The monoisotopic (exact) mass is 149 g/mol. The van der Waals surface area contributed by atoms with E-state index < -0.39 is 0 Å². The van der Waals surface area contributed by atoms with Crippen LogP contribution in [0.4, 0.5) is 0 Å². The second kappa shape index (κ2) is 6.91. The average Bonchev–Trinajstić information content (AvgIpc) is 2.10. The van der Waals surface area contributed by atoms with Gasteiger partial charge in [-0.15, -0.1) is 0 Å². The maximum atomic E-state index is 8.32. The van der Waals surface area contributed by atoms with Crippen LogP contribution in [-0.2, 0) is 4.74 Å². The molecule has 1 fully saturated rings. The van der Waals surface area contributed by atoms with Gasteiger partial charge in [-0.25, -0.2) is 0 Å². The van der Waals surface area contributed by atoms with Crippen LogP contribution < -0.4 is 17.2 Å². The van der Waals surface area contributed by atoms with Crippen LogP contribution in [0.15, 0.2) is 0 Å². The first-order valence-electron chi connectivity index (χ1n) is 3.28. The molecular weight excluding hydrogens is 134 g/mol. The molecule has 1 unspecified atom stereocenters. The van der Waals surface area contributed by atoms with E-state index in [1.165, 1.54) is 0 Å². The molecule has 0 saturated carbocycles. The van der Waals surface area contributed by atoms with Crippen molar-refractivity contribution >= 4 is 0 Å². The molecular formula is C5H15N3O2. The predicted octanol–water partition coefficient (Wildman–Crippen LogP) is -0.689. The summed E-state index contributed by atoms with van der Waals surface area (Å²) in [6.45, 7) is 0.776.